The Morgan fingerprint density at radius 1 is 1.13 bits per heavy atom. The van der Waals surface area contributed by atoms with Crippen LogP contribution in [0.1, 0.15) is 25.8 Å². The third-order valence-corrected chi connectivity index (χ3v) is 3.46. The van der Waals surface area contributed by atoms with Crippen molar-refractivity contribution in [2.45, 2.75) is 32.4 Å². The third kappa shape index (κ3) is 5.42. The predicted octanol–water partition coefficient (Wildman–Crippen LogP) is 3.11. The van der Waals surface area contributed by atoms with Crippen LogP contribution in [-0.2, 0) is 11.3 Å². The van der Waals surface area contributed by atoms with Gasteiger partial charge in [-0.1, -0.05) is 30.3 Å². The van der Waals surface area contributed by atoms with Crippen molar-refractivity contribution in [3.63, 3.8) is 0 Å². The number of hydrogen-bond donors (Lipinski definition) is 2. The average molecular weight is 312 g/mol. The van der Waals surface area contributed by atoms with Crippen LogP contribution in [0.4, 0.5) is 0 Å². The molecule has 0 fully saturated rings. The Balaban J connectivity index is 2.03. The van der Waals surface area contributed by atoms with Gasteiger partial charge in [0, 0.05) is 18.5 Å². The first-order valence-electron chi connectivity index (χ1n) is 7.66. The minimum Gasteiger partial charge on any atom is -0.497 e. The molecule has 0 unspecified atom stereocenters. The van der Waals surface area contributed by atoms with Crippen LogP contribution in [0, 0.1) is 0 Å². The van der Waals surface area contributed by atoms with Crippen LogP contribution in [0.5, 0.6) is 5.75 Å². The Labute approximate surface area is 137 Å². The average Bonchev–Trinajstić information content (AvgIpc) is 2.52. The van der Waals surface area contributed by atoms with Crippen LogP contribution in [0.2, 0.25) is 0 Å². The monoisotopic (exact) mass is 312 g/mol. The minimum absolute atomic E-state index is 0.0349. The summed E-state index contributed by atoms with van der Waals surface area (Å²) in [6.07, 6.45) is 0.311. The Bertz CT molecular complexity index is 658. The van der Waals surface area contributed by atoms with Crippen LogP contribution < -0.4 is 15.8 Å². The second-order valence-corrected chi connectivity index (χ2v) is 6.37. The molecule has 0 bridgehead atoms. The molecule has 0 saturated heterocycles. The Morgan fingerprint density at radius 2 is 1.83 bits per heavy atom. The molecule has 0 heterocycles. The van der Waals surface area contributed by atoms with Crippen LogP contribution in [-0.4, -0.2) is 18.6 Å². The zero-order valence-electron chi connectivity index (χ0n) is 13.9. The first-order chi connectivity index (χ1) is 10.9. The van der Waals surface area contributed by atoms with Gasteiger partial charge in [-0.15, -0.1) is 0 Å². The van der Waals surface area contributed by atoms with E-state index in [-0.39, 0.29) is 5.91 Å². The molecule has 4 nitrogen and oxygen atoms in total. The van der Waals surface area contributed by atoms with Crippen molar-refractivity contribution in [1.82, 2.24) is 5.32 Å². The Kier molecular flexibility index (Phi) is 5.40. The quantitative estimate of drug-likeness (QED) is 0.861. The van der Waals surface area contributed by atoms with Gasteiger partial charge in [0.15, 0.2) is 0 Å². The fourth-order valence-corrected chi connectivity index (χ4v) is 2.32. The summed E-state index contributed by atoms with van der Waals surface area (Å²) in [5.41, 5.74) is 8.65. The summed E-state index contributed by atoms with van der Waals surface area (Å²) < 4.78 is 5.18. The number of nitrogens with one attached hydrogen (secondary N) is 1. The number of benzene rings is 2. The van der Waals surface area contributed by atoms with Crippen LogP contribution >= 0.6 is 0 Å². The van der Waals surface area contributed by atoms with Crippen molar-refractivity contribution < 1.29 is 9.53 Å². The molecule has 4 heteroatoms. The number of rotatable bonds is 6. The molecule has 0 aromatic heterocycles. The summed E-state index contributed by atoms with van der Waals surface area (Å²) in [6.45, 7) is 4.19. The van der Waals surface area contributed by atoms with Crippen molar-refractivity contribution >= 4 is 5.91 Å². The first kappa shape index (κ1) is 17.0. The maximum atomic E-state index is 11.9. The molecule has 0 radical (unpaired) electrons. The second kappa shape index (κ2) is 7.29. The first-order valence-corrected chi connectivity index (χ1v) is 7.66. The minimum atomic E-state index is -0.491. The van der Waals surface area contributed by atoms with Gasteiger partial charge in [0.25, 0.3) is 0 Å². The summed E-state index contributed by atoms with van der Waals surface area (Å²) in [5, 5.41) is 2.91. The van der Waals surface area contributed by atoms with Crippen LogP contribution in [0.15, 0.2) is 48.5 Å². The van der Waals surface area contributed by atoms with Gasteiger partial charge in [-0.25, -0.2) is 0 Å². The zero-order chi connectivity index (χ0) is 16.9. The lowest BCUT2D eigenvalue weighted by Gasteiger charge is -2.17. The smallest absolute Gasteiger partial charge is 0.222 e. The van der Waals surface area contributed by atoms with Gasteiger partial charge >= 0.3 is 0 Å². The number of carbonyl (C=O) groups is 1. The van der Waals surface area contributed by atoms with Gasteiger partial charge in [-0.05, 0) is 48.7 Å². The highest BCUT2D eigenvalue weighted by molar-refractivity contribution is 5.77. The van der Waals surface area contributed by atoms with Crippen molar-refractivity contribution in [2.24, 2.45) is 5.73 Å². The fourth-order valence-electron chi connectivity index (χ4n) is 2.32. The topological polar surface area (TPSA) is 64.3 Å². The molecular formula is C19H24N2O2. The van der Waals surface area contributed by atoms with E-state index in [9.17, 15) is 4.79 Å². The van der Waals surface area contributed by atoms with Gasteiger partial charge in [0.2, 0.25) is 5.91 Å². The molecule has 2 aromatic rings. The van der Waals surface area contributed by atoms with E-state index >= 15 is 0 Å². The van der Waals surface area contributed by atoms with E-state index in [1.165, 1.54) is 0 Å². The summed E-state index contributed by atoms with van der Waals surface area (Å²) in [6, 6.07) is 16.0. The summed E-state index contributed by atoms with van der Waals surface area (Å²) in [7, 11) is 1.65. The molecule has 0 aliphatic heterocycles. The molecule has 23 heavy (non-hydrogen) atoms. The van der Waals surface area contributed by atoms with E-state index in [1.807, 2.05) is 50.2 Å². The highest BCUT2D eigenvalue weighted by Gasteiger charge is 2.15. The van der Waals surface area contributed by atoms with E-state index in [0.29, 0.717) is 13.0 Å². The summed E-state index contributed by atoms with van der Waals surface area (Å²) in [4.78, 5) is 11.9. The second-order valence-electron chi connectivity index (χ2n) is 6.37. The number of nitrogens with two attached hydrogens (primary N) is 1. The van der Waals surface area contributed by atoms with Crippen LogP contribution in [0.3, 0.4) is 0 Å². The van der Waals surface area contributed by atoms with E-state index in [1.54, 1.807) is 7.11 Å². The Hall–Kier alpha value is -2.33. The molecule has 2 aromatic carbocycles. The number of hydrogen-bond acceptors (Lipinski definition) is 3. The van der Waals surface area contributed by atoms with E-state index in [4.69, 9.17) is 10.5 Å². The molecule has 0 saturated carbocycles. The maximum Gasteiger partial charge on any atom is 0.222 e. The van der Waals surface area contributed by atoms with Gasteiger partial charge in [0.1, 0.15) is 5.75 Å². The summed E-state index contributed by atoms with van der Waals surface area (Å²) >= 11 is 0. The number of ether oxygens (including phenoxy) is 1. The van der Waals surface area contributed by atoms with Crippen molar-refractivity contribution in [1.29, 1.82) is 0 Å². The molecule has 0 aliphatic carbocycles. The third-order valence-electron chi connectivity index (χ3n) is 3.46. The van der Waals surface area contributed by atoms with Crippen LogP contribution in [0.25, 0.3) is 11.1 Å². The van der Waals surface area contributed by atoms with E-state index in [2.05, 4.69) is 17.4 Å². The number of methoxy groups -OCH3 is 1. The van der Waals surface area contributed by atoms with Crippen molar-refractivity contribution in [2.75, 3.05) is 7.11 Å². The zero-order valence-corrected chi connectivity index (χ0v) is 13.9. The largest absolute Gasteiger partial charge is 0.497 e. The number of amides is 1. The molecule has 122 valence electrons. The van der Waals surface area contributed by atoms with Crippen molar-refractivity contribution in [3.05, 3.63) is 54.1 Å². The lowest BCUT2D eigenvalue weighted by molar-refractivity contribution is -0.122. The van der Waals surface area contributed by atoms with Gasteiger partial charge in [-0.2, -0.15) is 0 Å². The molecular weight excluding hydrogens is 288 g/mol. The normalized spacial score (nSPS) is 11.1. The van der Waals surface area contributed by atoms with Gasteiger partial charge in [0.05, 0.1) is 7.11 Å². The fraction of sp³-hybridized carbons (Fsp3) is 0.316. The molecule has 0 spiro atoms. The molecule has 0 atom stereocenters. The molecule has 1 amide bonds. The SMILES string of the molecule is COc1ccc(-c2cccc(CNC(=O)CC(C)(C)N)c2)cc1. The van der Waals surface area contributed by atoms with E-state index in [0.717, 1.165) is 22.4 Å². The summed E-state index contributed by atoms with van der Waals surface area (Å²) in [5.74, 6) is 0.800. The lowest BCUT2D eigenvalue weighted by atomic mass is 10.0. The highest BCUT2D eigenvalue weighted by atomic mass is 16.5. The van der Waals surface area contributed by atoms with Crippen molar-refractivity contribution in [3.8, 4) is 16.9 Å². The maximum absolute atomic E-state index is 11.9. The van der Waals surface area contributed by atoms with E-state index < -0.39 is 5.54 Å². The highest BCUT2D eigenvalue weighted by Crippen LogP contribution is 2.23. The molecule has 3 N–H and O–H groups in total. The molecule has 2 rings (SSSR count). The lowest BCUT2D eigenvalue weighted by Crippen LogP contribution is -2.38. The molecule has 0 aliphatic rings. The van der Waals surface area contributed by atoms with Gasteiger partial charge < -0.3 is 15.8 Å². The standard InChI is InChI=1S/C19H24N2O2/c1-19(2,20)12-18(22)21-13-14-5-4-6-16(11-14)15-7-9-17(23-3)10-8-15/h4-11H,12-13,20H2,1-3H3,(H,21,22). The Morgan fingerprint density at radius 3 is 2.43 bits per heavy atom. The number of carbonyl (C=O) groups excluding carboxylic acids is 1. The predicted molar refractivity (Wildman–Crippen MR) is 93.2 cm³/mol. The van der Waals surface area contributed by atoms with Gasteiger partial charge in [-0.3, -0.25) is 4.79 Å².